The average Bonchev–Trinajstić information content (AvgIpc) is 1.92. The van der Waals surface area contributed by atoms with Gasteiger partial charge in [0.15, 0.2) is 0 Å². The summed E-state index contributed by atoms with van der Waals surface area (Å²) < 4.78 is 0. The Morgan fingerprint density at radius 2 is 2.10 bits per heavy atom. The number of hydrogen-bond acceptors (Lipinski definition) is 2. The topological polar surface area (TPSA) is 49.3 Å². The normalized spacial score (nSPS) is 8.70. The van der Waals surface area contributed by atoms with E-state index in [0.29, 0.717) is 6.54 Å². The van der Waals surface area contributed by atoms with Crippen molar-refractivity contribution in [1.29, 1.82) is 0 Å². The Balaban J connectivity index is 0. The van der Waals surface area contributed by atoms with Gasteiger partial charge in [0, 0.05) is 12.6 Å². The molecule has 0 aromatic rings. The van der Waals surface area contributed by atoms with Crippen LogP contribution in [0.3, 0.4) is 0 Å². The quantitative estimate of drug-likeness (QED) is 0.579. The minimum atomic E-state index is -0.903. The van der Waals surface area contributed by atoms with Crippen LogP contribution in [-0.2, 0) is 4.79 Å². The number of carboxylic acids is 1. The van der Waals surface area contributed by atoms with Gasteiger partial charge in [-0.2, -0.15) is 0 Å². The van der Waals surface area contributed by atoms with E-state index in [1.54, 1.807) is 13.1 Å². The van der Waals surface area contributed by atoms with E-state index < -0.39 is 5.97 Å². The van der Waals surface area contributed by atoms with Gasteiger partial charge in [-0.3, -0.25) is 0 Å². The zero-order chi connectivity index (χ0) is 8.41. The van der Waals surface area contributed by atoms with E-state index in [1.165, 1.54) is 0 Å². The van der Waals surface area contributed by atoms with E-state index in [-0.39, 0.29) is 0 Å². The predicted molar refractivity (Wildman–Crippen MR) is 42.1 cm³/mol. The van der Waals surface area contributed by atoms with Crippen molar-refractivity contribution < 1.29 is 9.90 Å². The summed E-state index contributed by atoms with van der Waals surface area (Å²) in [4.78, 5) is 9.76. The summed E-state index contributed by atoms with van der Waals surface area (Å²) in [6, 6.07) is 0. The summed E-state index contributed by atoms with van der Waals surface area (Å²) >= 11 is 0. The maximum atomic E-state index is 9.76. The molecule has 60 valence electrons. The molecule has 0 saturated heterocycles. The molecule has 0 bridgehead atoms. The summed E-state index contributed by atoms with van der Waals surface area (Å²) in [5.41, 5.74) is 0. The van der Waals surface area contributed by atoms with Gasteiger partial charge in [-0.25, -0.2) is 4.79 Å². The first kappa shape index (κ1) is 11.9. The molecule has 2 N–H and O–H groups in total. The van der Waals surface area contributed by atoms with Crippen molar-refractivity contribution >= 4 is 5.97 Å². The van der Waals surface area contributed by atoms with Crippen molar-refractivity contribution in [1.82, 2.24) is 5.32 Å². The second-order valence-electron chi connectivity index (χ2n) is 1.30. The molecule has 0 atom stereocenters. The SMILES string of the molecule is CC.CNC/C=C/C(=O)O. The molecule has 3 nitrogen and oxygen atoms in total. The highest BCUT2D eigenvalue weighted by atomic mass is 16.4. The van der Waals surface area contributed by atoms with Crippen molar-refractivity contribution in [2.24, 2.45) is 0 Å². The Morgan fingerprint density at radius 1 is 1.60 bits per heavy atom. The highest BCUT2D eigenvalue weighted by Crippen LogP contribution is 1.67. The van der Waals surface area contributed by atoms with Gasteiger partial charge in [0.1, 0.15) is 0 Å². The van der Waals surface area contributed by atoms with Gasteiger partial charge in [0.05, 0.1) is 0 Å². The van der Waals surface area contributed by atoms with E-state index in [1.807, 2.05) is 13.8 Å². The monoisotopic (exact) mass is 145 g/mol. The van der Waals surface area contributed by atoms with Gasteiger partial charge in [-0.1, -0.05) is 19.9 Å². The lowest BCUT2D eigenvalue weighted by Gasteiger charge is -1.83. The Kier molecular flexibility index (Phi) is 13.1. The highest BCUT2D eigenvalue weighted by Gasteiger charge is 1.80. The molecule has 0 spiro atoms. The van der Waals surface area contributed by atoms with Crippen LogP contribution in [0.5, 0.6) is 0 Å². The molecule has 0 saturated carbocycles. The highest BCUT2D eigenvalue weighted by molar-refractivity contribution is 5.79. The Labute approximate surface area is 61.8 Å². The number of likely N-dealkylation sites (N-methyl/N-ethyl adjacent to an activating group) is 1. The third-order valence-corrected chi connectivity index (χ3v) is 0.582. The molecule has 0 heterocycles. The molecule has 0 amide bonds. The largest absolute Gasteiger partial charge is 0.478 e. The fraction of sp³-hybridized carbons (Fsp3) is 0.571. The molecular weight excluding hydrogens is 130 g/mol. The zero-order valence-electron chi connectivity index (χ0n) is 6.72. The molecule has 0 unspecified atom stereocenters. The van der Waals surface area contributed by atoms with Gasteiger partial charge in [0.25, 0.3) is 0 Å². The van der Waals surface area contributed by atoms with Crippen LogP contribution in [0.1, 0.15) is 13.8 Å². The molecule has 3 heteroatoms. The molecule has 0 fully saturated rings. The van der Waals surface area contributed by atoms with Crippen LogP contribution in [0.25, 0.3) is 0 Å². The first-order chi connectivity index (χ1) is 4.77. The number of rotatable bonds is 3. The molecule has 0 aliphatic rings. The molecule has 0 aromatic heterocycles. The van der Waals surface area contributed by atoms with Gasteiger partial charge >= 0.3 is 5.97 Å². The predicted octanol–water partition coefficient (Wildman–Crippen LogP) is 0.873. The van der Waals surface area contributed by atoms with Crippen LogP contribution < -0.4 is 5.32 Å². The molecular formula is C7H15NO2. The third-order valence-electron chi connectivity index (χ3n) is 0.582. The number of hydrogen-bond donors (Lipinski definition) is 2. The van der Waals surface area contributed by atoms with Gasteiger partial charge in [-0.05, 0) is 7.05 Å². The molecule has 0 radical (unpaired) electrons. The van der Waals surface area contributed by atoms with Crippen molar-refractivity contribution in [3.8, 4) is 0 Å². The van der Waals surface area contributed by atoms with Gasteiger partial charge < -0.3 is 10.4 Å². The minimum Gasteiger partial charge on any atom is -0.478 e. The van der Waals surface area contributed by atoms with Crippen LogP contribution in [0, 0.1) is 0 Å². The zero-order valence-corrected chi connectivity index (χ0v) is 6.72. The van der Waals surface area contributed by atoms with Crippen molar-refractivity contribution in [3.05, 3.63) is 12.2 Å². The van der Waals surface area contributed by atoms with Crippen LogP contribution in [0.2, 0.25) is 0 Å². The van der Waals surface area contributed by atoms with Crippen LogP contribution in [-0.4, -0.2) is 24.7 Å². The lowest BCUT2D eigenvalue weighted by Crippen LogP contribution is -2.04. The summed E-state index contributed by atoms with van der Waals surface area (Å²) in [7, 11) is 1.76. The maximum absolute atomic E-state index is 9.76. The first-order valence-electron chi connectivity index (χ1n) is 3.31. The number of carboxylic acid groups (broad SMARTS) is 1. The third kappa shape index (κ3) is 15.7. The lowest BCUT2D eigenvalue weighted by molar-refractivity contribution is -0.131. The summed E-state index contributed by atoms with van der Waals surface area (Å²) in [6.45, 7) is 4.60. The van der Waals surface area contributed by atoms with E-state index in [0.717, 1.165) is 6.08 Å². The first-order valence-corrected chi connectivity index (χ1v) is 3.31. The molecule has 0 aliphatic carbocycles. The van der Waals surface area contributed by atoms with Gasteiger partial charge in [-0.15, -0.1) is 0 Å². The number of nitrogens with one attached hydrogen (secondary N) is 1. The minimum absolute atomic E-state index is 0.603. The standard InChI is InChI=1S/C5H9NO2.C2H6/c1-6-4-2-3-5(7)8;1-2/h2-3,6H,4H2,1H3,(H,7,8);1-2H3/b3-2+;. The van der Waals surface area contributed by atoms with Crippen molar-refractivity contribution in [3.63, 3.8) is 0 Å². The van der Waals surface area contributed by atoms with Crippen LogP contribution >= 0.6 is 0 Å². The second kappa shape index (κ2) is 11.0. The van der Waals surface area contributed by atoms with E-state index >= 15 is 0 Å². The fourth-order valence-electron chi connectivity index (χ4n) is 0.278. The van der Waals surface area contributed by atoms with Crippen molar-refractivity contribution in [2.75, 3.05) is 13.6 Å². The van der Waals surface area contributed by atoms with E-state index in [4.69, 9.17) is 5.11 Å². The number of carbonyl (C=O) groups is 1. The fourth-order valence-corrected chi connectivity index (χ4v) is 0.278. The molecule has 0 aliphatic heterocycles. The Bertz CT molecular complexity index is 99.8. The van der Waals surface area contributed by atoms with Gasteiger partial charge in [0.2, 0.25) is 0 Å². The molecule has 0 rings (SSSR count). The Morgan fingerprint density at radius 3 is 2.40 bits per heavy atom. The molecule has 0 aromatic carbocycles. The van der Waals surface area contributed by atoms with Crippen LogP contribution in [0.15, 0.2) is 12.2 Å². The lowest BCUT2D eigenvalue weighted by atomic mass is 10.5. The Hall–Kier alpha value is -0.830. The van der Waals surface area contributed by atoms with E-state index in [2.05, 4.69) is 5.32 Å². The maximum Gasteiger partial charge on any atom is 0.328 e. The second-order valence-corrected chi connectivity index (χ2v) is 1.30. The smallest absolute Gasteiger partial charge is 0.328 e. The van der Waals surface area contributed by atoms with Crippen LogP contribution in [0.4, 0.5) is 0 Å². The average molecular weight is 145 g/mol. The van der Waals surface area contributed by atoms with Crippen molar-refractivity contribution in [2.45, 2.75) is 13.8 Å². The number of aliphatic carboxylic acids is 1. The summed E-state index contributed by atoms with van der Waals surface area (Å²) in [5, 5.41) is 10.8. The molecule has 10 heavy (non-hydrogen) atoms. The summed E-state index contributed by atoms with van der Waals surface area (Å²) in [5.74, 6) is -0.903. The summed E-state index contributed by atoms with van der Waals surface area (Å²) in [6.07, 6.45) is 2.65. The van der Waals surface area contributed by atoms with E-state index in [9.17, 15) is 4.79 Å².